The van der Waals surface area contributed by atoms with Crippen molar-refractivity contribution in [3.8, 4) is 5.75 Å². The normalized spacial score (nSPS) is 11.8. The Morgan fingerprint density at radius 2 is 1.43 bits per heavy atom. The Morgan fingerprint density at radius 1 is 0.857 bits per heavy atom. The van der Waals surface area contributed by atoms with Gasteiger partial charge in [-0.3, -0.25) is 9.52 Å². The van der Waals surface area contributed by atoms with E-state index in [1.54, 1.807) is 36.4 Å². The zero-order valence-electron chi connectivity index (χ0n) is 19.6. The Bertz CT molecular complexity index is 1370. The maximum Gasteiger partial charge on any atom is 0.262 e. The fraction of sp³-hybridized carbons (Fsp3) is 0.208. The summed E-state index contributed by atoms with van der Waals surface area (Å²) < 4.78 is 57.3. The van der Waals surface area contributed by atoms with E-state index in [1.807, 2.05) is 19.1 Å². The van der Waals surface area contributed by atoms with Crippen molar-refractivity contribution in [2.24, 2.45) is 0 Å². The average molecular weight is 518 g/mol. The highest BCUT2D eigenvalue weighted by Gasteiger charge is 2.15. The predicted molar refractivity (Wildman–Crippen MR) is 135 cm³/mol. The Balaban J connectivity index is 1.52. The lowest BCUT2D eigenvalue weighted by Gasteiger charge is -2.14. The van der Waals surface area contributed by atoms with E-state index in [1.165, 1.54) is 35.6 Å². The maximum absolute atomic E-state index is 12.6. The number of carbonyl (C=O) groups is 1. The monoisotopic (exact) mass is 517 g/mol. The summed E-state index contributed by atoms with van der Waals surface area (Å²) in [6.07, 6.45) is 1.14. The molecule has 11 heteroatoms. The first-order valence-corrected chi connectivity index (χ1v) is 13.9. The molecule has 3 aromatic carbocycles. The molecule has 0 unspecified atom stereocenters. The SMILES string of the molecule is Cc1ccc(NS(=O)(=O)c2ccc(NC(=O)COc3ccc(CN(C)S(C)(=O)=O)cc3)cc2)cc1. The summed E-state index contributed by atoms with van der Waals surface area (Å²) in [5.74, 6) is 0.0359. The number of sulfonamides is 2. The van der Waals surface area contributed by atoms with Crippen LogP contribution in [-0.4, -0.2) is 47.0 Å². The molecular weight excluding hydrogens is 490 g/mol. The maximum atomic E-state index is 12.6. The van der Waals surface area contributed by atoms with Crippen molar-refractivity contribution in [3.63, 3.8) is 0 Å². The average Bonchev–Trinajstić information content (AvgIpc) is 2.80. The second-order valence-electron chi connectivity index (χ2n) is 8.00. The van der Waals surface area contributed by atoms with Crippen molar-refractivity contribution >= 4 is 37.3 Å². The molecule has 0 aliphatic heterocycles. The number of ether oxygens (including phenoxy) is 1. The van der Waals surface area contributed by atoms with Gasteiger partial charge in [-0.25, -0.2) is 21.1 Å². The number of carbonyl (C=O) groups excluding carboxylic acids is 1. The van der Waals surface area contributed by atoms with Gasteiger partial charge in [-0.2, -0.15) is 0 Å². The molecule has 0 aromatic heterocycles. The first-order chi connectivity index (χ1) is 16.4. The molecule has 0 bridgehead atoms. The molecule has 0 radical (unpaired) electrons. The van der Waals surface area contributed by atoms with Gasteiger partial charge in [0.15, 0.2) is 6.61 Å². The molecule has 3 rings (SSSR count). The molecule has 9 nitrogen and oxygen atoms in total. The molecule has 0 heterocycles. The zero-order valence-corrected chi connectivity index (χ0v) is 21.2. The van der Waals surface area contributed by atoms with Gasteiger partial charge in [0, 0.05) is 25.0 Å². The van der Waals surface area contributed by atoms with E-state index in [4.69, 9.17) is 4.74 Å². The fourth-order valence-corrected chi connectivity index (χ4v) is 4.41. The van der Waals surface area contributed by atoms with Crippen molar-refractivity contribution in [1.82, 2.24) is 4.31 Å². The van der Waals surface area contributed by atoms with Crippen molar-refractivity contribution < 1.29 is 26.4 Å². The largest absolute Gasteiger partial charge is 0.484 e. The van der Waals surface area contributed by atoms with Crippen LogP contribution in [0.1, 0.15) is 11.1 Å². The van der Waals surface area contributed by atoms with Crippen molar-refractivity contribution in [1.29, 1.82) is 0 Å². The number of aryl methyl sites for hydroxylation is 1. The lowest BCUT2D eigenvalue weighted by Crippen LogP contribution is -2.24. The van der Waals surface area contributed by atoms with Gasteiger partial charge in [-0.1, -0.05) is 29.8 Å². The third kappa shape index (κ3) is 7.81. The van der Waals surface area contributed by atoms with E-state index in [0.717, 1.165) is 17.4 Å². The third-order valence-electron chi connectivity index (χ3n) is 5.02. The van der Waals surface area contributed by atoms with Gasteiger partial charge in [0.2, 0.25) is 10.0 Å². The van der Waals surface area contributed by atoms with Crippen molar-refractivity contribution in [2.75, 3.05) is 29.9 Å². The van der Waals surface area contributed by atoms with Gasteiger partial charge in [0.05, 0.1) is 11.2 Å². The van der Waals surface area contributed by atoms with Crippen LogP contribution in [0, 0.1) is 6.92 Å². The predicted octanol–water partition coefficient (Wildman–Crippen LogP) is 3.20. The summed E-state index contributed by atoms with van der Waals surface area (Å²) in [7, 11) is -5.55. The number of rotatable bonds is 10. The lowest BCUT2D eigenvalue weighted by molar-refractivity contribution is -0.118. The quantitative estimate of drug-likeness (QED) is 0.426. The molecule has 0 aliphatic carbocycles. The van der Waals surface area contributed by atoms with Crippen molar-refractivity contribution in [3.05, 3.63) is 83.9 Å². The van der Waals surface area contributed by atoms with Crippen LogP contribution in [0.3, 0.4) is 0 Å². The summed E-state index contributed by atoms with van der Waals surface area (Å²) in [5, 5.41) is 2.65. The summed E-state index contributed by atoms with van der Waals surface area (Å²) in [6, 6.07) is 19.5. The van der Waals surface area contributed by atoms with Gasteiger partial charge >= 0.3 is 0 Å². The molecule has 0 atom stereocenters. The first-order valence-electron chi connectivity index (χ1n) is 10.5. The molecule has 0 fully saturated rings. The molecular formula is C24H27N3O6S2. The molecule has 0 saturated carbocycles. The van der Waals surface area contributed by atoms with Gasteiger partial charge < -0.3 is 10.1 Å². The van der Waals surface area contributed by atoms with E-state index in [0.29, 0.717) is 17.1 Å². The van der Waals surface area contributed by atoms with E-state index in [-0.39, 0.29) is 18.0 Å². The van der Waals surface area contributed by atoms with E-state index >= 15 is 0 Å². The second kappa shape index (κ2) is 10.9. The fourth-order valence-electron chi connectivity index (χ4n) is 2.96. The molecule has 0 saturated heterocycles. The summed E-state index contributed by atoms with van der Waals surface area (Å²) in [5.41, 5.74) is 2.68. The molecule has 35 heavy (non-hydrogen) atoms. The van der Waals surface area contributed by atoms with Crippen LogP contribution < -0.4 is 14.8 Å². The number of hydrogen-bond acceptors (Lipinski definition) is 6. The van der Waals surface area contributed by atoms with Gasteiger partial charge in [-0.15, -0.1) is 0 Å². The highest BCUT2D eigenvalue weighted by molar-refractivity contribution is 7.92. The number of benzene rings is 3. The minimum Gasteiger partial charge on any atom is -0.484 e. The first kappa shape index (κ1) is 26.2. The number of amides is 1. The van der Waals surface area contributed by atoms with Crippen LogP contribution in [0.2, 0.25) is 0 Å². The highest BCUT2D eigenvalue weighted by Crippen LogP contribution is 2.19. The van der Waals surface area contributed by atoms with E-state index < -0.39 is 26.0 Å². The van der Waals surface area contributed by atoms with Gasteiger partial charge in [0.25, 0.3) is 15.9 Å². The topological polar surface area (TPSA) is 122 Å². The minimum atomic E-state index is -3.76. The Hall–Kier alpha value is -3.41. The van der Waals surface area contributed by atoms with Crippen molar-refractivity contribution in [2.45, 2.75) is 18.4 Å². The summed E-state index contributed by atoms with van der Waals surface area (Å²) in [6.45, 7) is 1.89. The highest BCUT2D eigenvalue weighted by atomic mass is 32.2. The van der Waals surface area contributed by atoms with Crippen LogP contribution in [0.5, 0.6) is 5.75 Å². The lowest BCUT2D eigenvalue weighted by atomic mass is 10.2. The van der Waals surface area contributed by atoms with Crippen LogP contribution in [0.15, 0.2) is 77.7 Å². The Kier molecular flexibility index (Phi) is 8.15. The smallest absolute Gasteiger partial charge is 0.262 e. The standard InChI is InChI=1S/C24H27N3O6S2/c1-18-4-8-21(9-5-18)26-35(31,32)23-14-10-20(11-15-23)25-24(28)17-33-22-12-6-19(7-13-22)16-27(2)34(3,29)30/h4-15,26H,16-17H2,1-3H3,(H,25,28). The van der Waals surface area contributed by atoms with Crippen LogP contribution in [0.25, 0.3) is 0 Å². The van der Waals surface area contributed by atoms with Crippen LogP contribution in [-0.2, 0) is 31.4 Å². The number of nitrogens with one attached hydrogen (secondary N) is 2. The Morgan fingerprint density at radius 3 is 2.00 bits per heavy atom. The Labute approximate surface area is 205 Å². The number of anilines is 2. The number of hydrogen-bond donors (Lipinski definition) is 2. The third-order valence-corrected chi connectivity index (χ3v) is 7.68. The molecule has 2 N–H and O–H groups in total. The van der Waals surface area contributed by atoms with Gasteiger partial charge in [-0.05, 0) is 61.0 Å². The molecule has 1 amide bonds. The van der Waals surface area contributed by atoms with Crippen LogP contribution in [0.4, 0.5) is 11.4 Å². The minimum absolute atomic E-state index is 0.0638. The summed E-state index contributed by atoms with van der Waals surface area (Å²) in [4.78, 5) is 12.3. The molecule has 186 valence electrons. The van der Waals surface area contributed by atoms with E-state index in [2.05, 4.69) is 10.0 Å². The number of nitrogens with zero attached hydrogens (tertiary/aromatic N) is 1. The molecule has 0 spiro atoms. The second-order valence-corrected chi connectivity index (χ2v) is 11.8. The van der Waals surface area contributed by atoms with Crippen LogP contribution >= 0.6 is 0 Å². The zero-order chi connectivity index (χ0) is 25.6. The van der Waals surface area contributed by atoms with E-state index in [9.17, 15) is 21.6 Å². The molecule has 0 aliphatic rings. The van der Waals surface area contributed by atoms with Gasteiger partial charge in [0.1, 0.15) is 5.75 Å². The summed E-state index contributed by atoms with van der Waals surface area (Å²) >= 11 is 0. The molecule has 3 aromatic rings.